The number of nitrogens with one attached hydrogen (secondary N) is 1. The summed E-state index contributed by atoms with van der Waals surface area (Å²) < 4.78 is 10.5. The standard InChI is InChI=1S/C18H21NO4/c1-3-10-19-18(21)13(2)23-17(20)12-22-16-9-8-14-6-4-5-7-15(14)11-16/h4-9,11,13H,3,10,12H2,1-2H3,(H,19,21). The molecule has 0 radical (unpaired) electrons. The number of amides is 1. The molecule has 0 spiro atoms. The Balaban J connectivity index is 1.84. The van der Waals surface area contributed by atoms with Crippen LogP contribution in [0, 0.1) is 0 Å². The molecule has 1 unspecified atom stereocenters. The lowest BCUT2D eigenvalue weighted by molar-refractivity contribution is -0.156. The number of rotatable bonds is 7. The molecule has 23 heavy (non-hydrogen) atoms. The zero-order valence-electron chi connectivity index (χ0n) is 13.4. The van der Waals surface area contributed by atoms with Gasteiger partial charge in [0, 0.05) is 6.54 Å². The van der Waals surface area contributed by atoms with Gasteiger partial charge in [-0.25, -0.2) is 4.79 Å². The maximum absolute atomic E-state index is 11.7. The van der Waals surface area contributed by atoms with E-state index in [-0.39, 0.29) is 12.5 Å². The summed E-state index contributed by atoms with van der Waals surface area (Å²) in [5.74, 6) is -0.285. The van der Waals surface area contributed by atoms with E-state index in [1.54, 1.807) is 13.0 Å². The van der Waals surface area contributed by atoms with Crippen LogP contribution in [0.4, 0.5) is 0 Å². The number of carbonyl (C=O) groups excluding carboxylic acids is 2. The molecule has 2 aromatic carbocycles. The van der Waals surface area contributed by atoms with Crippen molar-refractivity contribution in [3.8, 4) is 5.75 Å². The molecule has 0 fully saturated rings. The first-order valence-electron chi connectivity index (χ1n) is 7.69. The molecule has 0 heterocycles. The van der Waals surface area contributed by atoms with Crippen molar-refractivity contribution in [3.63, 3.8) is 0 Å². The van der Waals surface area contributed by atoms with E-state index < -0.39 is 12.1 Å². The van der Waals surface area contributed by atoms with Gasteiger partial charge in [0.05, 0.1) is 0 Å². The third-order valence-corrected chi connectivity index (χ3v) is 3.30. The van der Waals surface area contributed by atoms with Gasteiger partial charge in [-0.05, 0) is 36.2 Å². The molecule has 1 atom stereocenters. The molecule has 2 rings (SSSR count). The predicted octanol–water partition coefficient (Wildman–Crippen LogP) is 2.68. The van der Waals surface area contributed by atoms with Gasteiger partial charge in [-0.3, -0.25) is 4.79 Å². The Morgan fingerprint density at radius 1 is 1.13 bits per heavy atom. The highest BCUT2D eigenvalue weighted by atomic mass is 16.6. The Bertz CT molecular complexity index is 684. The maximum Gasteiger partial charge on any atom is 0.344 e. The summed E-state index contributed by atoms with van der Waals surface area (Å²) in [6.45, 7) is 3.82. The van der Waals surface area contributed by atoms with Gasteiger partial charge in [0.15, 0.2) is 12.7 Å². The zero-order valence-corrected chi connectivity index (χ0v) is 13.4. The van der Waals surface area contributed by atoms with Gasteiger partial charge in [0.2, 0.25) is 0 Å². The summed E-state index contributed by atoms with van der Waals surface area (Å²) in [6, 6.07) is 13.5. The summed E-state index contributed by atoms with van der Waals surface area (Å²) in [6.07, 6.45) is 0.00607. The van der Waals surface area contributed by atoms with Crippen molar-refractivity contribution in [1.29, 1.82) is 0 Å². The molecule has 122 valence electrons. The first-order chi connectivity index (χ1) is 11.1. The fourth-order valence-corrected chi connectivity index (χ4v) is 2.08. The second-order valence-electron chi connectivity index (χ2n) is 5.22. The average molecular weight is 315 g/mol. The maximum atomic E-state index is 11.7. The van der Waals surface area contributed by atoms with Crippen molar-refractivity contribution in [2.75, 3.05) is 13.2 Å². The van der Waals surface area contributed by atoms with Crippen LogP contribution >= 0.6 is 0 Å². The van der Waals surface area contributed by atoms with Crippen LogP contribution in [0.2, 0.25) is 0 Å². The molecule has 0 bridgehead atoms. The minimum Gasteiger partial charge on any atom is -0.482 e. The number of esters is 1. The van der Waals surface area contributed by atoms with Crippen LogP contribution < -0.4 is 10.1 Å². The topological polar surface area (TPSA) is 64.6 Å². The van der Waals surface area contributed by atoms with Crippen LogP contribution in [0.25, 0.3) is 10.8 Å². The Labute approximate surface area is 135 Å². The van der Waals surface area contributed by atoms with Gasteiger partial charge in [0.25, 0.3) is 5.91 Å². The number of hydrogen-bond acceptors (Lipinski definition) is 4. The Hall–Kier alpha value is -2.56. The molecule has 1 N–H and O–H groups in total. The first kappa shape index (κ1) is 16.8. The lowest BCUT2D eigenvalue weighted by Crippen LogP contribution is -2.37. The van der Waals surface area contributed by atoms with Crippen molar-refractivity contribution >= 4 is 22.6 Å². The van der Waals surface area contributed by atoms with Crippen LogP contribution in [0.3, 0.4) is 0 Å². The Morgan fingerprint density at radius 2 is 1.87 bits per heavy atom. The molecule has 0 saturated carbocycles. The van der Waals surface area contributed by atoms with Crippen molar-refractivity contribution in [3.05, 3.63) is 42.5 Å². The van der Waals surface area contributed by atoms with E-state index in [1.165, 1.54) is 0 Å². The van der Waals surface area contributed by atoms with E-state index in [1.807, 2.05) is 43.3 Å². The van der Waals surface area contributed by atoms with Crippen LogP contribution in [0.1, 0.15) is 20.3 Å². The van der Waals surface area contributed by atoms with Gasteiger partial charge < -0.3 is 14.8 Å². The fourth-order valence-electron chi connectivity index (χ4n) is 2.08. The summed E-state index contributed by atoms with van der Waals surface area (Å²) in [5.41, 5.74) is 0. The summed E-state index contributed by atoms with van der Waals surface area (Å²) in [5, 5.41) is 4.81. The van der Waals surface area contributed by atoms with Gasteiger partial charge in [-0.15, -0.1) is 0 Å². The van der Waals surface area contributed by atoms with E-state index in [4.69, 9.17) is 9.47 Å². The highest BCUT2D eigenvalue weighted by molar-refractivity contribution is 5.84. The highest BCUT2D eigenvalue weighted by Crippen LogP contribution is 2.20. The zero-order chi connectivity index (χ0) is 16.7. The van der Waals surface area contributed by atoms with E-state index in [0.717, 1.165) is 17.2 Å². The fraction of sp³-hybridized carbons (Fsp3) is 0.333. The summed E-state index contributed by atoms with van der Waals surface area (Å²) in [4.78, 5) is 23.4. The quantitative estimate of drug-likeness (QED) is 0.798. The number of benzene rings is 2. The van der Waals surface area contributed by atoms with Crippen molar-refractivity contribution in [2.24, 2.45) is 0 Å². The van der Waals surface area contributed by atoms with Gasteiger partial charge in [0.1, 0.15) is 5.75 Å². The van der Waals surface area contributed by atoms with Crippen LogP contribution in [-0.4, -0.2) is 31.1 Å². The summed E-state index contributed by atoms with van der Waals surface area (Å²) in [7, 11) is 0. The molecule has 0 aromatic heterocycles. The largest absolute Gasteiger partial charge is 0.482 e. The van der Waals surface area contributed by atoms with E-state index >= 15 is 0 Å². The van der Waals surface area contributed by atoms with Crippen LogP contribution in [0.5, 0.6) is 5.75 Å². The number of carbonyl (C=O) groups is 2. The molecule has 0 saturated heterocycles. The molecule has 1 amide bonds. The minimum absolute atomic E-state index is 0.232. The number of fused-ring (bicyclic) bond motifs is 1. The molecule has 0 aliphatic rings. The second-order valence-corrected chi connectivity index (χ2v) is 5.22. The SMILES string of the molecule is CCCNC(=O)C(C)OC(=O)COc1ccc2ccccc2c1. The van der Waals surface area contributed by atoms with Gasteiger partial charge in [-0.2, -0.15) is 0 Å². The molecule has 2 aromatic rings. The molecule has 0 aliphatic carbocycles. The predicted molar refractivity (Wildman–Crippen MR) is 88.3 cm³/mol. The normalized spacial score (nSPS) is 11.7. The third kappa shape index (κ3) is 4.98. The number of ether oxygens (including phenoxy) is 2. The third-order valence-electron chi connectivity index (χ3n) is 3.30. The smallest absolute Gasteiger partial charge is 0.344 e. The minimum atomic E-state index is -0.825. The van der Waals surface area contributed by atoms with Crippen LogP contribution in [0.15, 0.2) is 42.5 Å². The monoisotopic (exact) mass is 315 g/mol. The Kier molecular flexibility index (Phi) is 5.97. The lowest BCUT2D eigenvalue weighted by atomic mass is 10.1. The van der Waals surface area contributed by atoms with Crippen LogP contribution in [-0.2, 0) is 14.3 Å². The Morgan fingerprint density at radius 3 is 2.61 bits per heavy atom. The lowest BCUT2D eigenvalue weighted by Gasteiger charge is -2.13. The molecule has 5 nitrogen and oxygen atoms in total. The average Bonchev–Trinajstić information content (AvgIpc) is 2.57. The van der Waals surface area contributed by atoms with E-state index in [9.17, 15) is 9.59 Å². The first-order valence-corrected chi connectivity index (χ1v) is 7.69. The van der Waals surface area contributed by atoms with Gasteiger partial charge in [-0.1, -0.05) is 37.3 Å². The van der Waals surface area contributed by atoms with E-state index in [2.05, 4.69) is 5.32 Å². The number of hydrogen-bond donors (Lipinski definition) is 1. The molecular formula is C18H21NO4. The van der Waals surface area contributed by atoms with Crippen molar-refractivity contribution < 1.29 is 19.1 Å². The summed E-state index contributed by atoms with van der Waals surface area (Å²) >= 11 is 0. The molecule has 5 heteroatoms. The van der Waals surface area contributed by atoms with Crippen molar-refractivity contribution in [1.82, 2.24) is 5.32 Å². The molecule has 0 aliphatic heterocycles. The molecular weight excluding hydrogens is 294 g/mol. The van der Waals surface area contributed by atoms with Crippen molar-refractivity contribution in [2.45, 2.75) is 26.4 Å². The second kappa shape index (κ2) is 8.17. The highest BCUT2D eigenvalue weighted by Gasteiger charge is 2.17. The van der Waals surface area contributed by atoms with E-state index in [0.29, 0.717) is 12.3 Å². The van der Waals surface area contributed by atoms with Gasteiger partial charge >= 0.3 is 5.97 Å².